The van der Waals surface area contributed by atoms with E-state index in [0.717, 1.165) is 64.2 Å². The van der Waals surface area contributed by atoms with Gasteiger partial charge in [-0.1, -0.05) is 12.8 Å². The first-order valence-corrected chi connectivity index (χ1v) is 15.1. The van der Waals surface area contributed by atoms with E-state index in [0.29, 0.717) is 36.4 Å². The number of carbonyl (C=O) groups is 2. The van der Waals surface area contributed by atoms with Crippen molar-refractivity contribution in [1.29, 1.82) is 0 Å². The van der Waals surface area contributed by atoms with Gasteiger partial charge in [-0.25, -0.2) is 4.98 Å². The topological polar surface area (TPSA) is 112 Å². The number of benzene rings is 1. The largest absolute Gasteiger partial charge is 0.495 e. The van der Waals surface area contributed by atoms with Gasteiger partial charge in [-0.15, -0.1) is 0 Å². The van der Waals surface area contributed by atoms with Gasteiger partial charge in [-0.3, -0.25) is 9.59 Å². The zero-order chi connectivity index (χ0) is 30.6. The molecule has 43 heavy (non-hydrogen) atoms. The van der Waals surface area contributed by atoms with Crippen molar-refractivity contribution >= 4 is 29.3 Å². The Morgan fingerprint density at radius 2 is 1.81 bits per heavy atom. The van der Waals surface area contributed by atoms with Crippen LogP contribution in [0.25, 0.3) is 0 Å². The number of aromatic nitrogens is 2. The fraction of sp³-hybridized carbons (Fsp3) is 0.600. The smallest absolute Gasteiger partial charge is 0.421 e. The molecule has 0 unspecified atom stereocenters. The maximum absolute atomic E-state index is 14.0. The third-order valence-electron chi connectivity index (χ3n) is 8.67. The van der Waals surface area contributed by atoms with Gasteiger partial charge in [-0.05, 0) is 76.9 Å². The third kappa shape index (κ3) is 7.49. The molecule has 3 fully saturated rings. The Hall–Kier alpha value is -3.61. The molecule has 234 valence electrons. The van der Waals surface area contributed by atoms with Gasteiger partial charge >= 0.3 is 6.18 Å². The highest BCUT2D eigenvalue weighted by Gasteiger charge is 2.39. The first kappa shape index (κ1) is 30.8. The molecular formula is C30H40F3N7O3. The van der Waals surface area contributed by atoms with E-state index in [1.165, 1.54) is 7.11 Å². The minimum Gasteiger partial charge on any atom is -0.495 e. The molecule has 5 rings (SSSR count). The molecule has 2 aromatic rings. The number of hydrogen-bond donors (Lipinski definition) is 3. The predicted molar refractivity (Wildman–Crippen MR) is 157 cm³/mol. The summed E-state index contributed by atoms with van der Waals surface area (Å²) in [7, 11) is 3.50. The number of ether oxygens (including phenoxy) is 1. The van der Waals surface area contributed by atoms with Gasteiger partial charge in [0, 0.05) is 36.8 Å². The van der Waals surface area contributed by atoms with Crippen molar-refractivity contribution in [2.24, 2.45) is 0 Å². The zero-order valence-electron chi connectivity index (χ0n) is 24.7. The highest BCUT2D eigenvalue weighted by Crippen LogP contribution is 2.37. The summed E-state index contributed by atoms with van der Waals surface area (Å²) in [4.78, 5) is 37.8. The lowest BCUT2D eigenvalue weighted by Crippen LogP contribution is -2.53. The van der Waals surface area contributed by atoms with Crippen LogP contribution in [0, 0.1) is 0 Å². The molecule has 13 heteroatoms. The number of halogens is 3. The maximum atomic E-state index is 14.0. The van der Waals surface area contributed by atoms with Crippen molar-refractivity contribution in [3.8, 4) is 5.75 Å². The minimum atomic E-state index is -4.67. The lowest BCUT2D eigenvalue weighted by molar-refractivity contribution is -0.138. The molecule has 1 aliphatic carbocycles. The van der Waals surface area contributed by atoms with Crippen molar-refractivity contribution in [2.45, 2.75) is 82.1 Å². The van der Waals surface area contributed by atoms with Crippen LogP contribution in [0.2, 0.25) is 0 Å². The molecule has 3 N–H and O–H groups in total. The molecule has 1 aromatic heterocycles. The van der Waals surface area contributed by atoms with E-state index < -0.39 is 11.7 Å². The average molecular weight is 604 g/mol. The van der Waals surface area contributed by atoms with Gasteiger partial charge < -0.3 is 30.5 Å². The quantitative estimate of drug-likeness (QED) is 0.395. The van der Waals surface area contributed by atoms with Crippen molar-refractivity contribution in [3.05, 3.63) is 35.5 Å². The highest BCUT2D eigenvalue weighted by atomic mass is 19.4. The van der Waals surface area contributed by atoms with Gasteiger partial charge in [-0.2, -0.15) is 18.2 Å². The number of nitrogens with one attached hydrogen (secondary N) is 3. The second kappa shape index (κ2) is 13.4. The van der Waals surface area contributed by atoms with E-state index in [9.17, 15) is 22.8 Å². The Morgan fingerprint density at radius 1 is 1.05 bits per heavy atom. The molecule has 10 nitrogen and oxygen atoms in total. The van der Waals surface area contributed by atoms with Crippen molar-refractivity contribution in [1.82, 2.24) is 25.1 Å². The van der Waals surface area contributed by atoms with E-state index >= 15 is 0 Å². The van der Waals surface area contributed by atoms with E-state index in [4.69, 9.17) is 4.74 Å². The van der Waals surface area contributed by atoms with Crippen molar-refractivity contribution in [2.75, 3.05) is 44.4 Å². The lowest BCUT2D eigenvalue weighted by Gasteiger charge is -2.42. The fourth-order valence-corrected chi connectivity index (χ4v) is 6.24. The predicted octanol–water partition coefficient (Wildman–Crippen LogP) is 4.81. The summed E-state index contributed by atoms with van der Waals surface area (Å²) < 4.78 is 47.6. The summed E-state index contributed by atoms with van der Waals surface area (Å²) in [6, 6.07) is 4.36. The SMILES string of the molecule is COc1cc(C(=O)NC2CCN(C)CC2)ccc1Nc1ncc(C(F)(F)F)c(N[C@@H]2CCCC[C@H]2N2CCCCC2=O)n1. The van der Waals surface area contributed by atoms with E-state index in [-0.39, 0.29) is 41.7 Å². The monoisotopic (exact) mass is 603 g/mol. The van der Waals surface area contributed by atoms with Crippen LogP contribution in [-0.4, -0.2) is 83.5 Å². The van der Waals surface area contributed by atoms with Crippen LogP contribution in [0.15, 0.2) is 24.4 Å². The second-order valence-corrected chi connectivity index (χ2v) is 11.7. The molecule has 0 radical (unpaired) electrons. The Kier molecular flexibility index (Phi) is 9.58. The van der Waals surface area contributed by atoms with Crippen LogP contribution in [-0.2, 0) is 11.0 Å². The number of rotatable bonds is 8. The van der Waals surface area contributed by atoms with Gasteiger partial charge in [0.1, 0.15) is 17.1 Å². The summed E-state index contributed by atoms with van der Waals surface area (Å²) in [6.07, 6.45) is 3.17. The van der Waals surface area contributed by atoms with E-state index in [1.54, 1.807) is 18.2 Å². The third-order valence-corrected chi connectivity index (χ3v) is 8.67. The summed E-state index contributed by atoms with van der Waals surface area (Å²) in [5, 5.41) is 9.08. The van der Waals surface area contributed by atoms with Gasteiger partial charge in [0.15, 0.2) is 0 Å². The molecule has 3 aliphatic rings. The van der Waals surface area contributed by atoms with Crippen molar-refractivity contribution in [3.63, 3.8) is 0 Å². The number of alkyl halides is 3. The Labute approximate surface area is 249 Å². The number of carbonyl (C=O) groups excluding carboxylic acids is 2. The number of nitrogens with zero attached hydrogens (tertiary/aromatic N) is 4. The van der Waals surface area contributed by atoms with Crippen LogP contribution in [0.3, 0.4) is 0 Å². The zero-order valence-corrected chi connectivity index (χ0v) is 24.7. The molecule has 2 aliphatic heterocycles. The number of likely N-dealkylation sites (tertiary alicyclic amines) is 2. The first-order chi connectivity index (χ1) is 20.6. The molecule has 0 spiro atoms. The summed E-state index contributed by atoms with van der Waals surface area (Å²) in [5.74, 6) is -0.226. The number of hydrogen-bond acceptors (Lipinski definition) is 8. The molecule has 2 amide bonds. The molecule has 2 saturated heterocycles. The maximum Gasteiger partial charge on any atom is 0.421 e. The number of amides is 2. The van der Waals surface area contributed by atoms with Gasteiger partial charge in [0.05, 0.1) is 18.8 Å². The van der Waals surface area contributed by atoms with Gasteiger partial charge in [0.2, 0.25) is 11.9 Å². The Bertz CT molecular complexity index is 1300. The molecule has 2 atom stereocenters. The summed E-state index contributed by atoms with van der Waals surface area (Å²) >= 11 is 0. The fourth-order valence-electron chi connectivity index (χ4n) is 6.24. The van der Waals surface area contributed by atoms with Crippen LogP contribution < -0.4 is 20.7 Å². The molecular weight excluding hydrogens is 563 g/mol. The van der Waals surface area contributed by atoms with Crippen LogP contribution in [0.4, 0.5) is 30.6 Å². The number of anilines is 3. The molecule has 3 heterocycles. The van der Waals surface area contributed by atoms with Gasteiger partial charge in [0.25, 0.3) is 5.91 Å². The lowest BCUT2D eigenvalue weighted by atomic mass is 9.87. The highest BCUT2D eigenvalue weighted by molar-refractivity contribution is 5.95. The summed E-state index contributed by atoms with van der Waals surface area (Å²) in [6.45, 7) is 2.45. The molecule has 0 bridgehead atoms. The van der Waals surface area contributed by atoms with E-state index in [2.05, 4.69) is 37.9 Å². The molecule has 1 aromatic carbocycles. The first-order valence-electron chi connectivity index (χ1n) is 15.1. The second-order valence-electron chi connectivity index (χ2n) is 11.7. The Balaban J connectivity index is 1.34. The standard InChI is InChI=1S/C30H40F3N7O3/c1-39-15-12-20(13-16-39)35-28(42)19-10-11-23(25(17-19)43-2)37-29-34-18-21(30(31,32)33)27(38-29)36-22-7-3-4-8-24(22)40-14-6-5-9-26(40)41/h10-11,17-18,20,22,24H,3-9,12-16H2,1-2H3,(H,35,42)(H2,34,36,37,38)/t22-,24-/m1/s1. The van der Waals surface area contributed by atoms with Crippen LogP contribution >= 0.6 is 0 Å². The normalized spacial score (nSPS) is 22.3. The number of methoxy groups -OCH3 is 1. The Morgan fingerprint density at radius 3 is 2.53 bits per heavy atom. The summed E-state index contributed by atoms with van der Waals surface area (Å²) in [5.41, 5.74) is -0.161. The average Bonchev–Trinajstić information content (AvgIpc) is 2.99. The van der Waals surface area contributed by atoms with E-state index in [1.807, 2.05) is 4.90 Å². The number of piperidine rings is 2. The van der Waals surface area contributed by atoms with Crippen LogP contribution in [0.1, 0.15) is 73.7 Å². The molecule has 1 saturated carbocycles. The van der Waals surface area contributed by atoms with Crippen LogP contribution in [0.5, 0.6) is 5.75 Å². The minimum absolute atomic E-state index is 0.0567. The van der Waals surface area contributed by atoms with Crippen molar-refractivity contribution < 1.29 is 27.5 Å².